The summed E-state index contributed by atoms with van der Waals surface area (Å²) in [4.78, 5) is 68.1. The zero-order valence-corrected chi connectivity index (χ0v) is 37.0. The molecule has 4 aromatic rings. The van der Waals surface area contributed by atoms with Crippen LogP contribution in [0.15, 0.2) is 65.1 Å². The molecule has 0 bridgehead atoms. The molecule has 63 heavy (non-hydrogen) atoms. The molecule has 2 aromatic heterocycles. The summed E-state index contributed by atoms with van der Waals surface area (Å²) in [7, 11) is -3.80. The summed E-state index contributed by atoms with van der Waals surface area (Å²) in [6.07, 6.45) is 10.1. The molecule has 15 nitrogen and oxygen atoms in total. The molecule has 4 fully saturated rings. The van der Waals surface area contributed by atoms with Crippen LogP contribution in [0.4, 0.5) is 4.79 Å². The van der Waals surface area contributed by atoms with E-state index < -0.39 is 68.7 Å². The zero-order valence-electron chi connectivity index (χ0n) is 36.1. The molecule has 4 heterocycles. The minimum absolute atomic E-state index is 0.00696. The van der Waals surface area contributed by atoms with E-state index in [4.69, 9.17) is 23.9 Å². The molecular formula is C47H57N6O9S+. The van der Waals surface area contributed by atoms with Crippen molar-refractivity contribution >= 4 is 55.9 Å². The van der Waals surface area contributed by atoms with Gasteiger partial charge in [0.25, 0.3) is 5.88 Å². The number of nitrogens with one attached hydrogen (secondary N) is 2. The third kappa shape index (κ3) is 9.06. The number of benzene rings is 2. The fourth-order valence-electron chi connectivity index (χ4n) is 9.33. The Hall–Kier alpha value is -5.35. The molecule has 5 aliphatic rings. The molecule has 0 unspecified atom stereocenters. The number of ether oxygens (including phenoxy) is 2. The number of alkyl carbamates (subject to hydrolysis) is 1. The van der Waals surface area contributed by atoms with E-state index in [0.29, 0.717) is 54.6 Å². The number of hydrogen-bond acceptors (Lipinski definition) is 11. The average Bonchev–Trinajstić information content (AvgIpc) is 4.06. The Bertz CT molecular complexity index is 2560. The van der Waals surface area contributed by atoms with Crippen molar-refractivity contribution in [3.63, 3.8) is 0 Å². The number of nitrogens with zero attached hydrogens (tertiary/aromatic N) is 3. The van der Waals surface area contributed by atoms with E-state index in [1.165, 1.54) is 4.90 Å². The Kier molecular flexibility index (Phi) is 11.6. The molecule has 9 rings (SSSR count). The molecule has 5 atom stereocenters. The number of primary sulfonamides is 1. The van der Waals surface area contributed by atoms with Gasteiger partial charge in [0.2, 0.25) is 17.4 Å². The van der Waals surface area contributed by atoms with Crippen LogP contribution in [-0.2, 0) is 34.6 Å². The summed E-state index contributed by atoms with van der Waals surface area (Å²) in [5, 5.41) is 5.97. The van der Waals surface area contributed by atoms with E-state index >= 15 is 0 Å². The quantitative estimate of drug-likeness (QED) is 0.183. The molecular weight excluding hydrogens is 825 g/mol. The topological polar surface area (TPSA) is 204 Å². The SMILES string of the molecule is CC(C)(C)c1ccc(-c2nc(O[C@@H]3C[C@H]4C(=O)N[C@]5(C(=O)[NH2+]S(=O)(=O)C6CC6)C[C@H]5/C=C\CCCCC[C@H](NC(=O)OC5CCCC5)C(=O)N4C3)c3oc4ccccc4c3n2)cc1. The highest BCUT2D eigenvalue weighted by atomic mass is 32.2. The van der Waals surface area contributed by atoms with Crippen LogP contribution in [0.1, 0.15) is 110 Å². The molecule has 1 saturated heterocycles. The van der Waals surface area contributed by atoms with Crippen LogP contribution < -0.4 is 20.1 Å². The van der Waals surface area contributed by atoms with E-state index in [1.807, 2.05) is 60.7 Å². The first-order chi connectivity index (χ1) is 30.2. The van der Waals surface area contributed by atoms with Crippen LogP contribution in [0, 0.1) is 5.92 Å². The second-order valence-electron chi connectivity index (χ2n) is 19.1. The number of allylic oxidation sites excluding steroid dienone is 1. The van der Waals surface area contributed by atoms with E-state index in [0.717, 1.165) is 59.8 Å². The summed E-state index contributed by atoms with van der Waals surface area (Å²) >= 11 is 0. The number of carbonyl (C=O) groups is 4. The molecule has 0 spiro atoms. The lowest BCUT2D eigenvalue weighted by Gasteiger charge is -2.29. The van der Waals surface area contributed by atoms with Crippen LogP contribution in [-0.4, -0.2) is 88.7 Å². The van der Waals surface area contributed by atoms with Gasteiger partial charge in [-0.25, -0.2) is 14.6 Å². The lowest BCUT2D eigenvalue weighted by molar-refractivity contribution is -0.417. The van der Waals surface area contributed by atoms with Crippen molar-refractivity contribution < 1.29 is 46.2 Å². The van der Waals surface area contributed by atoms with Gasteiger partial charge >= 0.3 is 22.0 Å². The number of aromatic nitrogens is 2. The van der Waals surface area contributed by atoms with Crippen molar-refractivity contribution in [2.75, 3.05) is 6.54 Å². The molecule has 4 N–H and O–H groups in total. The lowest BCUT2D eigenvalue weighted by Crippen LogP contribution is -2.95. The van der Waals surface area contributed by atoms with E-state index in [2.05, 4.69) is 31.4 Å². The van der Waals surface area contributed by atoms with E-state index in [1.54, 1.807) is 0 Å². The van der Waals surface area contributed by atoms with Crippen molar-refractivity contribution in [3.05, 3.63) is 66.2 Å². The number of rotatable bonds is 8. The molecule has 334 valence electrons. The highest BCUT2D eigenvalue weighted by Crippen LogP contribution is 2.45. The number of furan rings is 1. The summed E-state index contributed by atoms with van der Waals surface area (Å²) in [5.74, 6) is -1.64. The number of quaternary nitrogens is 1. The van der Waals surface area contributed by atoms with Crippen molar-refractivity contribution in [1.82, 2.24) is 25.5 Å². The third-order valence-corrected chi connectivity index (χ3v) is 15.2. The summed E-state index contributed by atoms with van der Waals surface area (Å²) in [5.41, 5.74) is 1.81. The number of hydrogen-bond donors (Lipinski definition) is 3. The summed E-state index contributed by atoms with van der Waals surface area (Å²) < 4.78 is 45.6. The van der Waals surface area contributed by atoms with Crippen molar-refractivity contribution in [1.29, 1.82) is 0 Å². The van der Waals surface area contributed by atoms with Gasteiger partial charge in [-0.3, -0.25) is 9.59 Å². The standard InChI is InChI=1S/C47H56N6O9S/c1-46(2,3)29-21-19-28(20-22-29)40-49-38-34-16-11-12-18-37(34)62-39(38)42(50-40)60-32-25-36-41(54)51-47(44(56)52-63(58,59)33-23-24-33)26-30(47)13-7-5-4-6-8-17-35(43(55)53(36)27-32)48-45(57)61-31-14-9-10-15-31/h7,11-13,16,18-22,30-33,35-36H,4-6,8-10,14-15,17,23-27H2,1-3H3,(H,48,57)(H,51,54)(H,52,56)/p+1/b13-7-/t30-,32-,35+,36+,47-/m1/s1. The predicted octanol–water partition coefficient (Wildman–Crippen LogP) is 5.70. The lowest BCUT2D eigenvalue weighted by atomic mass is 9.87. The normalized spacial score (nSPS) is 26.6. The predicted molar refractivity (Wildman–Crippen MR) is 234 cm³/mol. The van der Waals surface area contributed by atoms with Crippen molar-refractivity contribution in [2.45, 2.75) is 145 Å². The first-order valence-electron chi connectivity index (χ1n) is 22.5. The van der Waals surface area contributed by atoms with Gasteiger partial charge in [-0.2, -0.15) is 18.1 Å². The first-order valence-corrected chi connectivity index (χ1v) is 24.2. The highest BCUT2D eigenvalue weighted by Gasteiger charge is 2.65. The molecule has 0 radical (unpaired) electrons. The fraction of sp³-hybridized carbons (Fsp3) is 0.532. The Labute approximate surface area is 367 Å². The van der Waals surface area contributed by atoms with Crippen LogP contribution in [0.3, 0.4) is 0 Å². The number of sulfonamides is 1. The molecule has 2 aliphatic heterocycles. The largest absolute Gasteiger partial charge is 0.470 e. The average molecular weight is 882 g/mol. The number of amides is 4. The van der Waals surface area contributed by atoms with Gasteiger partial charge in [0.15, 0.2) is 11.4 Å². The number of para-hydroxylation sites is 1. The van der Waals surface area contributed by atoms with Crippen LogP contribution in [0.5, 0.6) is 5.88 Å². The van der Waals surface area contributed by atoms with Gasteiger partial charge in [0, 0.05) is 23.3 Å². The second-order valence-corrected chi connectivity index (χ2v) is 21.1. The minimum atomic E-state index is -3.80. The number of fused-ring (bicyclic) bond motifs is 5. The Balaban J connectivity index is 1.05. The van der Waals surface area contributed by atoms with Crippen LogP contribution in [0.2, 0.25) is 0 Å². The maximum atomic E-state index is 14.8. The fourth-order valence-corrected chi connectivity index (χ4v) is 10.8. The van der Waals surface area contributed by atoms with Crippen LogP contribution >= 0.6 is 0 Å². The van der Waals surface area contributed by atoms with E-state index in [9.17, 15) is 27.6 Å². The van der Waals surface area contributed by atoms with E-state index in [-0.39, 0.29) is 36.8 Å². The smallest absolute Gasteiger partial charge is 0.408 e. The number of carbonyl (C=O) groups excluding carboxylic acids is 4. The number of primary amides is 1. The Morgan fingerprint density at radius 3 is 2.43 bits per heavy atom. The summed E-state index contributed by atoms with van der Waals surface area (Å²) in [6.45, 7) is 6.38. The first kappa shape index (κ1) is 42.9. The molecule has 4 amide bonds. The zero-order chi connectivity index (χ0) is 44.1. The van der Waals surface area contributed by atoms with Gasteiger partial charge in [-0.05, 0) is 87.3 Å². The Morgan fingerprint density at radius 1 is 0.937 bits per heavy atom. The summed E-state index contributed by atoms with van der Waals surface area (Å²) in [6, 6.07) is 13.4. The molecule has 2 aromatic carbocycles. The van der Waals surface area contributed by atoms with Crippen LogP contribution in [0.25, 0.3) is 33.5 Å². The minimum Gasteiger partial charge on any atom is -0.470 e. The Morgan fingerprint density at radius 2 is 1.68 bits per heavy atom. The highest BCUT2D eigenvalue weighted by molar-refractivity contribution is 7.86. The van der Waals surface area contributed by atoms with Gasteiger partial charge in [-0.15, -0.1) is 0 Å². The molecule has 3 aliphatic carbocycles. The molecule has 16 heteroatoms. The second kappa shape index (κ2) is 17.0. The molecule has 3 saturated carbocycles. The van der Waals surface area contributed by atoms with Crippen molar-refractivity contribution in [3.8, 4) is 17.3 Å². The number of nitrogens with two attached hydrogens (primary N) is 1. The van der Waals surface area contributed by atoms with Gasteiger partial charge in [0.05, 0.1) is 6.54 Å². The van der Waals surface area contributed by atoms with Gasteiger partial charge in [-0.1, -0.05) is 82.2 Å². The maximum absolute atomic E-state index is 14.8. The van der Waals surface area contributed by atoms with Crippen molar-refractivity contribution in [2.24, 2.45) is 5.92 Å². The maximum Gasteiger partial charge on any atom is 0.408 e. The monoisotopic (exact) mass is 881 g/mol. The van der Waals surface area contributed by atoms with Gasteiger partial charge in [0.1, 0.15) is 40.6 Å². The third-order valence-electron chi connectivity index (χ3n) is 13.3. The van der Waals surface area contributed by atoms with Gasteiger partial charge < -0.3 is 29.4 Å².